The third-order valence-corrected chi connectivity index (χ3v) is 3.11. The molecule has 18 heavy (non-hydrogen) atoms. The van der Waals surface area contributed by atoms with Crippen LogP contribution in [0.5, 0.6) is 0 Å². The number of unbranched alkanes of at least 4 members (excludes halogenated alkanes) is 1. The van der Waals surface area contributed by atoms with Gasteiger partial charge in [0.05, 0.1) is 0 Å². The lowest BCUT2D eigenvalue weighted by Gasteiger charge is -2.36. The molecular formula is C14H26O4. The highest BCUT2D eigenvalue weighted by Crippen LogP contribution is 2.35. The monoisotopic (exact) mass is 258 g/mol. The number of carboxylic acid groups (broad SMARTS) is 1. The first-order chi connectivity index (χ1) is 8.42. The van der Waals surface area contributed by atoms with Gasteiger partial charge in [-0.3, -0.25) is 9.59 Å². The summed E-state index contributed by atoms with van der Waals surface area (Å²) in [5.41, 5.74) is -0.0971. The maximum Gasteiger partial charge on any atom is 0.303 e. The van der Waals surface area contributed by atoms with E-state index in [-0.39, 0.29) is 11.6 Å². The summed E-state index contributed by atoms with van der Waals surface area (Å²) in [5, 5.41) is 7.42. The summed E-state index contributed by atoms with van der Waals surface area (Å²) in [7, 11) is 0. The second kappa shape index (κ2) is 8.95. The number of carbonyl (C=O) groups excluding carboxylic acids is 1. The van der Waals surface area contributed by atoms with Crippen LogP contribution in [-0.2, 0) is 14.3 Å². The van der Waals surface area contributed by atoms with Crippen LogP contribution in [0.15, 0.2) is 0 Å². The van der Waals surface area contributed by atoms with Crippen LogP contribution in [0.25, 0.3) is 0 Å². The lowest BCUT2D eigenvalue weighted by Crippen LogP contribution is -2.36. The lowest BCUT2D eigenvalue weighted by atomic mass is 9.81. The summed E-state index contributed by atoms with van der Waals surface area (Å²) in [6.07, 6.45) is 9.31. The van der Waals surface area contributed by atoms with E-state index in [1.54, 1.807) is 0 Å². The van der Waals surface area contributed by atoms with E-state index in [9.17, 15) is 4.79 Å². The van der Waals surface area contributed by atoms with Crippen LogP contribution in [0.2, 0.25) is 0 Å². The van der Waals surface area contributed by atoms with Crippen LogP contribution in [0, 0.1) is 0 Å². The van der Waals surface area contributed by atoms with E-state index in [2.05, 4.69) is 6.92 Å². The van der Waals surface area contributed by atoms with Gasteiger partial charge in [0, 0.05) is 13.8 Å². The average molecular weight is 258 g/mol. The number of hydrogen-bond acceptors (Lipinski definition) is 3. The Hall–Kier alpha value is -1.06. The van der Waals surface area contributed by atoms with Crippen molar-refractivity contribution in [2.75, 3.05) is 0 Å². The standard InChI is InChI=1S/C12H22O2.C2H4O2/c1-3-4-8-12(14-11(2)13)9-6-5-7-10-12;1-2(3)4/h3-10H2,1-2H3;1H3,(H,3,4). The maximum absolute atomic E-state index is 11.1. The van der Waals surface area contributed by atoms with Crippen molar-refractivity contribution in [3.05, 3.63) is 0 Å². The summed E-state index contributed by atoms with van der Waals surface area (Å²) >= 11 is 0. The quantitative estimate of drug-likeness (QED) is 0.783. The highest BCUT2D eigenvalue weighted by molar-refractivity contribution is 5.66. The Morgan fingerprint density at radius 1 is 1.17 bits per heavy atom. The number of carbonyl (C=O) groups is 2. The Bertz CT molecular complexity index is 251. The third-order valence-electron chi connectivity index (χ3n) is 3.11. The van der Waals surface area contributed by atoms with E-state index in [0.29, 0.717) is 0 Å². The molecule has 0 bridgehead atoms. The molecule has 0 saturated heterocycles. The molecule has 1 saturated carbocycles. The van der Waals surface area contributed by atoms with Gasteiger partial charge in [0.1, 0.15) is 5.60 Å². The van der Waals surface area contributed by atoms with Crippen molar-refractivity contribution >= 4 is 11.9 Å². The Morgan fingerprint density at radius 3 is 2.06 bits per heavy atom. The van der Waals surface area contributed by atoms with E-state index in [1.807, 2.05) is 0 Å². The van der Waals surface area contributed by atoms with Gasteiger partial charge in [-0.1, -0.05) is 19.8 Å². The molecule has 0 heterocycles. The van der Waals surface area contributed by atoms with Gasteiger partial charge in [-0.2, -0.15) is 0 Å². The summed E-state index contributed by atoms with van der Waals surface area (Å²) in [5.74, 6) is -0.942. The Kier molecular flexibility index (Phi) is 8.42. The van der Waals surface area contributed by atoms with E-state index in [1.165, 1.54) is 39.0 Å². The van der Waals surface area contributed by atoms with Crippen molar-refractivity contribution in [2.24, 2.45) is 0 Å². The number of rotatable bonds is 4. The van der Waals surface area contributed by atoms with Crippen LogP contribution < -0.4 is 0 Å². The van der Waals surface area contributed by atoms with Crippen molar-refractivity contribution in [3.8, 4) is 0 Å². The van der Waals surface area contributed by atoms with Crippen LogP contribution >= 0.6 is 0 Å². The molecule has 1 rings (SSSR count). The highest BCUT2D eigenvalue weighted by Gasteiger charge is 2.34. The van der Waals surface area contributed by atoms with E-state index in [0.717, 1.165) is 26.2 Å². The molecule has 0 aromatic heterocycles. The zero-order valence-corrected chi connectivity index (χ0v) is 11.8. The predicted octanol–water partition coefficient (Wildman–Crippen LogP) is 3.53. The van der Waals surface area contributed by atoms with Gasteiger partial charge in [-0.05, 0) is 38.5 Å². The van der Waals surface area contributed by atoms with Crippen molar-refractivity contribution < 1.29 is 19.4 Å². The molecule has 106 valence electrons. The lowest BCUT2D eigenvalue weighted by molar-refractivity contribution is -0.161. The molecular weight excluding hydrogens is 232 g/mol. The zero-order chi connectivity index (χ0) is 14.0. The molecule has 0 unspecified atom stereocenters. The summed E-state index contributed by atoms with van der Waals surface area (Å²) < 4.78 is 5.54. The minimum atomic E-state index is -0.833. The second-order valence-electron chi connectivity index (χ2n) is 4.96. The molecule has 0 aromatic rings. The molecule has 4 heteroatoms. The first kappa shape index (κ1) is 16.9. The molecule has 1 N–H and O–H groups in total. The van der Waals surface area contributed by atoms with Gasteiger partial charge >= 0.3 is 5.97 Å². The average Bonchev–Trinajstić information content (AvgIpc) is 2.26. The van der Waals surface area contributed by atoms with Crippen molar-refractivity contribution in [2.45, 2.75) is 77.7 Å². The van der Waals surface area contributed by atoms with Crippen LogP contribution in [-0.4, -0.2) is 22.6 Å². The van der Waals surface area contributed by atoms with E-state index < -0.39 is 5.97 Å². The zero-order valence-electron chi connectivity index (χ0n) is 11.8. The van der Waals surface area contributed by atoms with Crippen LogP contribution in [0.4, 0.5) is 0 Å². The fraction of sp³-hybridized carbons (Fsp3) is 0.857. The molecule has 1 aliphatic carbocycles. The fourth-order valence-electron chi connectivity index (χ4n) is 2.40. The maximum atomic E-state index is 11.1. The minimum Gasteiger partial charge on any atom is -0.481 e. The van der Waals surface area contributed by atoms with Gasteiger partial charge in [-0.25, -0.2) is 0 Å². The topological polar surface area (TPSA) is 63.6 Å². The molecule has 0 radical (unpaired) electrons. The molecule has 0 atom stereocenters. The molecule has 0 aliphatic heterocycles. The Labute approximate surface area is 110 Å². The summed E-state index contributed by atoms with van der Waals surface area (Å²) in [4.78, 5) is 20.1. The number of hydrogen-bond donors (Lipinski definition) is 1. The van der Waals surface area contributed by atoms with Crippen molar-refractivity contribution in [3.63, 3.8) is 0 Å². The SMILES string of the molecule is CC(=O)O.CCCCC1(OC(C)=O)CCCCC1. The van der Waals surface area contributed by atoms with Gasteiger partial charge in [0.15, 0.2) is 0 Å². The van der Waals surface area contributed by atoms with Gasteiger partial charge in [-0.15, -0.1) is 0 Å². The van der Waals surface area contributed by atoms with Gasteiger partial charge in [0.2, 0.25) is 0 Å². The summed E-state index contributed by atoms with van der Waals surface area (Å²) in [6, 6.07) is 0. The smallest absolute Gasteiger partial charge is 0.303 e. The number of esters is 1. The van der Waals surface area contributed by atoms with Gasteiger partial charge < -0.3 is 9.84 Å². The van der Waals surface area contributed by atoms with Crippen molar-refractivity contribution in [1.29, 1.82) is 0 Å². The predicted molar refractivity (Wildman–Crippen MR) is 70.4 cm³/mol. The van der Waals surface area contributed by atoms with Gasteiger partial charge in [0.25, 0.3) is 5.97 Å². The van der Waals surface area contributed by atoms with Crippen LogP contribution in [0.3, 0.4) is 0 Å². The highest BCUT2D eigenvalue weighted by atomic mass is 16.6. The normalized spacial score (nSPS) is 17.3. The first-order valence-electron chi connectivity index (χ1n) is 6.81. The number of ether oxygens (including phenoxy) is 1. The molecule has 1 aliphatic rings. The Morgan fingerprint density at radius 2 is 1.67 bits per heavy atom. The summed E-state index contributed by atoms with van der Waals surface area (Å²) in [6.45, 7) is 4.80. The second-order valence-corrected chi connectivity index (χ2v) is 4.96. The Balaban J connectivity index is 0.000000631. The largest absolute Gasteiger partial charge is 0.481 e. The first-order valence-corrected chi connectivity index (χ1v) is 6.81. The number of carboxylic acids is 1. The molecule has 1 fully saturated rings. The molecule has 0 spiro atoms. The fourth-order valence-corrected chi connectivity index (χ4v) is 2.40. The van der Waals surface area contributed by atoms with Crippen molar-refractivity contribution in [1.82, 2.24) is 0 Å². The van der Waals surface area contributed by atoms with E-state index in [4.69, 9.17) is 14.6 Å². The molecule has 0 aromatic carbocycles. The molecule has 0 amide bonds. The van der Waals surface area contributed by atoms with E-state index >= 15 is 0 Å². The van der Waals surface area contributed by atoms with Crippen LogP contribution in [0.1, 0.15) is 72.1 Å². The number of aliphatic carboxylic acids is 1. The third kappa shape index (κ3) is 8.09. The minimum absolute atomic E-state index is 0.0971. The molecule has 4 nitrogen and oxygen atoms in total.